The minimum atomic E-state index is -0.942. The van der Waals surface area contributed by atoms with E-state index in [1.807, 2.05) is 51.2 Å². The number of aromatic nitrogens is 4. The third-order valence-electron chi connectivity index (χ3n) is 9.05. The molecule has 10 heteroatoms. The summed E-state index contributed by atoms with van der Waals surface area (Å²) >= 11 is 0. The van der Waals surface area contributed by atoms with E-state index in [9.17, 15) is 14.7 Å². The number of carbonyl (C=O) groups excluding carboxylic acids is 1. The van der Waals surface area contributed by atoms with E-state index in [-0.39, 0.29) is 18.2 Å². The van der Waals surface area contributed by atoms with Crippen LogP contribution >= 0.6 is 0 Å². The number of nitrogens with one attached hydrogen (secondary N) is 2. The third-order valence-corrected chi connectivity index (χ3v) is 9.05. The number of imidazole rings is 2. The molecule has 2 fully saturated rings. The van der Waals surface area contributed by atoms with Crippen LogP contribution in [0.2, 0.25) is 0 Å². The molecule has 0 bridgehead atoms. The number of amides is 2. The van der Waals surface area contributed by atoms with Crippen LogP contribution in [0.15, 0.2) is 73.1 Å². The van der Waals surface area contributed by atoms with E-state index < -0.39 is 11.7 Å². The molecule has 0 aliphatic carbocycles. The molecule has 2 aromatic heterocycles. The SMILES string of the molecule is CC(C)(C)OC(=O)N1CCCC1c1ncc(-c2ccc(C#CC#Cc3cnc(C4CCCN4C(=O)O)[nH]3)c(-c3ccc4ccccc4c3)c2)[nH]1. The Morgan fingerprint density at radius 2 is 1.50 bits per heavy atom. The van der Waals surface area contributed by atoms with Crippen LogP contribution in [0, 0.1) is 23.7 Å². The second-order valence-corrected chi connectivity index (χ2v) is 13.7. The Labute approximate surface area is 290 Å². The molecule has 0 saturated carbocycles. The zero-order valence-corrected chi connectivity index (χ0v) is 28.3. The van der Waals surface area contributed by atoms with E-state index in [0.717, 1.165) is 70.2 Å². The van der Waals surface area contributed by atoms with Gasteiger partial charge in [-0.15, -0.1) is 0 Å². The van der Waals surface area contributed by atoms with Crippen LogP contribution in [0.5, 0.6) is 0 Å². The lowest BCUT2D eigenvalue weighted by molar-refractivity contribution is 0.0218. The molecule has 3 N–H and O–H groups in total. The largest absolute Gasteiger partial charge is 0.465 e. The highest BCUT2D eigenvalue weighted by molar-refractivity contribution is 5.89. The first-order valence-electron chi connectivity index (χ1n) is 16.9. The monoisotopic (exact) mass is 666 g/mol. The molecule has 7 rings (SSSR count). The van der Waals surface area contributed by atoms with Gasteiger partial charge < -0.3 is 19.8 Å². The first-order valence-corrected chi connectivity index (χ1v) is 16.9. The Hall–Kier alpha value is -6.00. The van der Waals surface area contributed by atoms with Gasteiger partial charge in [-0.2, -0.15) is 0 Å². The second kappa shape index (κ2) is 13.5. The summed E-state index contributed by atoms with van der Waals surface area (Å²) in [6.45, 7) is 6.75. The molecule has 2 atom stereocenters. The molecule has 50 heavy (non-hydrogen) atoms. The number of likely N-dealkylation sites (tertiary alicyclic amines) is 2. The molecular formula is C40H38N6O4. The molecule has 4 heterocycles. The van der Waals surface area contributed by atoms with Crippen molar-refractivity contribution in [2.45, 2.75) is 64.1 Å². The summed E-state index contributed by atoms with van der Waals surface area (Å²) in [7, 11) is 0. The normalized spacial score (nSPS) is 17.3. The molecule has 3 aromatic carbocycles. The average molecular weight is 667 g/mol. The number of carbonyl (C=O) groups is 2. The summed E-state index contributed by atoms with van der Waals surface area (Å²) in [5.74, 6) is 13.5. The smallest absolute Gasteiger partial charge is 0.410 e. The highest BCUT2D eigenvalue weighted by atomic mass is 16.6. The van der Waals surface area contributed by atoms with Gasteiger partial charge >= 0.3 is 12.2 Å². The summed E-state index contributed by atoms with van der Waals surface area (Å²) in [5, 5.41) is 11.8. The van der Waals surface area contributed by atoms with Crippen molar-refractivity contribution in [2.75, 3.05) is 13.1 Å². The molecule has 2 aliphatic rings. The average Bonchev–Trinajstić information content (AvgIpc) is 3.92. The van der Waals surface area contributed by atoms with E-state index in [0.29, 0.717) is 24.6 Å². The number of H-pyrrole nitrogens is 2. The van der Waals surface area contributed by atoms with Gasteiger partial charge in [0.15, 0.2) is 0 Å². The molecule has 2 unspecified atom stereocenters. The fourth-order valence-corrected chi connectivity index (χ4v) is 6.71. The number of benzene rings is 3. The summed E-state index contributed by atoms with van der Waals surface area (Å²) in [6, 6.07) is 20.3. The number of nitrogens with zero attached hydrogens (tertiary/aromatic N) is 4. The maximum atomic E-state index is 12.9. The van der Waals surface area contributed by atoms with Gasteiger partial charge in [-0.05, 0) is 104 Å². The van der Waals surface area contributed by atoms with E-state index >= 15 is 0 Å². The predicted molar refractivity (Wildman–Crippen MR) is 191 cm³/mol. The number of aromatic amines is 2. The van der Waals surface area contributed by atoms with Crippen LogP contribution in [-0.4, -0.2) is 65.7 Å². The summed E-state index contributed by atoms with van der Waals surface area (Å²) in [4.78, 5) is 43.4. The second-order valence-electron chi connectivity index (χ2n) is 13.7. The van der Waals surface area contributed by atoms with E-state index in [4.69, 9.17) is 9.72 Å². The topological polar surface area (TPSA) is 127 Å². The quantitative estimate of drug-likeness (QED) is 0.167. The number of carboxylic acid groups (broad SMARTS) is 1. The van der Waals surface area contributed by atoms with Crippen LogP contribution in [0.25, 0.3) is 33.2 Å². The summed E-state index contributed by atoms with van der Waals surface area (Å²) in [6.07, 6.45) is 5.39. The minimum Gasteiger partial charge on any atom is -0.465 e. The van der Waals surface area contributed by atoms with Gasteiger partial charge in [-0.25, -0.2) is 19.6 Å². The molecule has 0 radical (unpaired) electrons. The predicted octanol–water partition coefficient (Wildman–Crippen LogP) is 7.91. The lowest BCUT2D eigenvalue weighted by atomic mass is 9.95. The Morgan fingerprint density at radius 1 is 0.820 bits per heavy atom. The van der Waals surface area contributed by atoms with Crippen LogP contribution in [0.3, 0.4) is 0 Å². The maximum Gasteiger partial charge on any atom is 0.410 e. The van der Waals surface area contributed by atoms with Crippen molar-refractivity contribution in [1.82, 2.24) is 29.7 Å². The fourth-order valence-electron chi connectivity index (χ4n) is 6.71. The van der Waals surface area contributed by atoms with Crippen molar-refractivity contribution in [3.05, 3.63) is 96.0 Å². The van der Waals surface area contributed by atoms with Gasteiger partial charge in [0.25, 0.3) is 0 Å². The van der Waals surface area contributed by atoms with Crippen LogP contribution in [0.4, 0.5) is 9.59 Å². The zero-order chi connectivity index (χ0) is 34.8. The van der Waals surface area contributed by atoms with E-state index in [1.54, 1.807) is 11.1 Å². The zero-order valence-electron chi connectivity index (χ0n) is 28.3. The van der Waals surface area contributed by atoms with Gasteiger partial charge in [0.05, 0.1) is 30.2 Å². The number of rotatable bonds is 4. The summed E-state index contributed by atoms with van der Waals surface area (Å²) in [5.41, 5.74) is 4.59. The van der Waals surface area contributed by atoms with Gasteiger partial charge in [-0.1, -0.05) is 48.4 Å². The minimum absolute atomic E-state index is 0.178. The van der Waals surface area contributed by atoms with Crippen molar-refractivity contribution < 1.29 is 19.4 Å². The molecule has 2 aliphatic heterocycles. The number of fused-ring (bicyclic) bond motifs is 1. The third kappa shape index (κ3) is 6.92. The standard InChI is InChI=1S/C40H38N6O4/c1-40(2,3)50-39(49)46-21-9-15-35(46)37-42-25-33(44-37)30-19-17-27(32(23-30)29-18-16-26-10-4-5-12-28(26)22-29)11-6-7-13-31-24-41-36(43-31)34-14-8-20-45(34)38(47)48/h4-5,10,12,16-19,22-25,34-35H,8-9,14-15,20-21H2,1-3H3,(H,41,43)(H,42,44)(H,47,48). The fraction of sp³-hybridized carbons (Fsp3) is 0.300. The Balaban J connectivity index is 1.18. The van der Waals surface area contributed by atoms with Crippen molar-refractivity contribution in [3.63, 3.8) is 0 Å². The Morgan fingerprint density at radius 3 is 2.28 bits per heavy atom. The first kappa shape index (κ1) is 32.5. The van der Waals surface area contributed by atoms with Crippen LogP contribution < -0.4 is 0 Å². The van der Waals surface area contributed by atoms with Gasteiger partial charge in [-0.3, -0.25) is 9.80 Å². The molecule has 5 aromatic rings. The number of ether oxygens (including phenoxy) is 1. The Bertz CT molecular complexity index is 2210. The maximum absolute atomic E-state index is 12.9. The van der Waals surface area contributed by atoms with E-state index in [1.165, 1.54) is 4.90 Å². The van der Waals surface area contributed by atoms with Gasteiger partial charge in [0.2, 0.25) is 0 Å². The number of hydrogen-bond donors (Lipinski definition) is 3. The van der Waals surface area contributed by atoms with Gasteiger partial charge in [0.1, 0.15) is 22.9 Å². The van der Waals surface area contributed by atoms with E-state index in [2.05, 4.69) is 75.0 Å². The highest BCUT2D eigenvalue weighted by Gasteiger charge is 2.35. The highest BCUT2D eigenvalue weighted by Crippen LogP contribution is 2.35. The molecular weight excluding hydrogens is 628 g/mol. The lowest BCUT2D eigenvalue weighted by Crippen LogP contribution is -2.36. The molecule has 0 spiro atoms. The Kier molecular flexibility index (Phi) is 8.78. The van der Waals surface area contributed by atoms with Crippen molar-refractivity contribution in [1.29, 1.82) is 0 Å². The molecule has 252 valence electrons. The van der Waals surface area contributed by atoms with Crippen molar-refractivity contribution in [3.8, 4) is 46.1 Å². The van der Waals surface area contributed by atoms with Crippen LogP contribution in [-0.2, 0) is 4.74 Å². The molecule has 10 nitrogen and oxygen atoms in total. The molecule has 2 saturated heterocycles. The van der Waals surface area contributed by atoms with Crippen molar-refractivity contribution >= 4 is 23.0 Å². The van der Waals surface area contributed by atoms with Gasteiger partial charge in [0, 0.05) is 24.2 Å². The lowest BCUT2D eigenvalue weighted by Gasteiger charge is -2.27. The number of hydrogen-bond acceptors (Lipinski definition) is 5. The van der Waals surface area contributed by atoms with Crippen LogP contribution in [0.1, 0.15) is 81.4 Å². The molecule has 2 amide bonds. The summed E-state index contributed by atoms with van der Waals surface area (Å²) < 4.78 is 5.67. The van der Waals surface area contributed by atoms with Crippen molar-refractivity contribution in [2.24, 2.45) is 0 Å². The first-order chi connectivity index (χ1) is 24.1.